The molecule has 2 rings (SSSR count). The summed E-state index contributed by atoms with van der Waals surface area (Å²) >= 11 is 6.19. The number of rotatable bonds is 6. The summed E-state index contributed by atoms with van der Waals surface area (Å²) in [5, 5.41) is 3.29. The summed E-state index contributed by atoms with van der Waals surface area (Å²) in [5.74, 6) is 0.841. The van der Waals surface area contributed by atoms with Crippen molar-refractivity contribution in [2.24, 2.45) is 11.7 Å². The quantitative estimate of drug-likeness (QED) is 0.837. The van der Waals surface area contributed by atoms with Gasteiger partial charge in [0.2, 0.25) is 0 Å². The molecule has 0 bridgehead atoms. The van der Waals surface area contributed by atoms with Gasteiger partial charge in [-0.3, -0.25) is 4.79 Å². The Labute approximate surface area is 141 Å². The predicted octanol–water partition coefficient (Wildman–Crippen LogP) is 4.09. The lowest BCUT2D eigenvalue weighted by Crippen LogP contribution is -2.12. The summed E-state index contributed by atoms with van der Waals surface area (Å²) in [5.41, 5.74) is 7.72. The Morgan fingerprint density at radius 2 is 1.91 bits per heavy atom. The van der Waals surface area contributed by atoms with Crippen molar-refractivity contribution < 1.29 is 9.53 Å². The van der Waals surface area contributed by atoms with Gasteiger partial charge in [-0.1, -0.05) is 37.6 Å². The third-order valence-electron chi connectivity index (χ3n) is 3.21. The van der Waals surface area contributed by atoms with E-state index in [9.17, 15) is 4.79 Å². The number of hydrogen-bond acceptors (Lipinski definition) is 3. The Bertz CT molecular complexity index is 669. The molecule has 23 heavy (non-hydrogen) atoms. The maximum atomic E-state index is 12.2. The van der Waals surface area contributed by atoms with Gasteiger partial charge in [0.15, 0.2) is 0 Å². The second kappa shape index (κ2) is 7.99. The monoisotopic (exact) mass is 332 g/mol. The first kappa shape index (κ1) is 17.3. The molecule has 0 saturated heterocycles. The van der Waals surface area contributed by atoms with E-state index in [1.807, 2.05) is 12.1 Å². The first-order valence-corrected chi connectivity index (χ1v) is 7.90. The summed E-state index contributed by atoms with van der Waals surface area (Å²) in [4.78, 5) is 12.2. The van der Waals surface area contributed by atoms with Crippen LogP contribution in [0.2, 0.25) is 5.02 Å². The van der Waals surface area contributed by atoms with Gasteiger partial charge in [-0.2, -0.15) is 0 Å². The van der Waals surface area contributed by atoms with Crippen LogP contribution >= 0.6 is 11.6 Å². The highest BCUT2D eigenvalue weighted by Gasteiger charge is 2.09. The number of nitrogens with two attached hydrogens (primary N) is 1. The van der Waals surface area contributed by atoms with Crippen molar-refractivity contribution in [3.8, 4) is 5.75 Å². The van der Waals surface area contributed by atoms with Gasteiger partial charge >= 0.3 is 0 Å². The van der Waals surface area contributed by atoms with Gasteiger partial charge in [-0.05, 0) is 41.8 Å². The van der Waals surface area contributed by atoms with Gasteiger partial charge in [0.25, 0.3) is 5.91 Å². The summed E-state index contributed by atoms with van der Waals surface area (Å²) in [7, 11) is 0. The van der Waals surface area contributed by atoms with Crippen LogP contribution in [-0.2, 0) is 6.54 Å². The second-order valence-electron chi connectivity index (χ2n) is 5.71. The van der Waals surface area contributed by atoms with Crippen LogP contribution < -0.4 is 15.8 Å². The van der Waals surface area contributed by atoms with Crippen LogP contribution in [0.4, 0.5) is 5.69 Å². The normalized spacial score (nSPS) is 10.7. The van der Waals surface area contributed by atoms with Gasteiger partial charge in [-0.15, -0.1) is 0 Å². The molecule has 0 aromatic heterocycles. The van der Waals surface area contributed by atoms with Crippen molar-refractivity contribution in [3.63, 3.8) is 0 Å². The molecule has 0 saturated carbocycles. The first-order valence-electron chi connectivity index (χ1n) is 7.52. The lowest BCUT2D eigenvalue weighted by molar-refractivity contribution is 0.102. The number of benzene rings is 2. The number of anilines is 1. The van der Waals surface area contributed by atoms with Crippen LogP contribution in [-0.4, -0.2) is 12.5 Å². The number of carbonyl (C=O) groups is 1. The number of carbonyl (C=O) groups excluding carboxylic acids is 1. The zero-order chi connectivity index (χ0) is 16.8. The average molecular weight is 333 g/mol. The van der Waals surface area contributed by atoms with E-state index in [0.717, 1.165) is 5.56 Å². The molecule has 3 N–H and O–H groups in total. The molecular formula is C18H21ClN2O2. The molecule has 0 radical (unpaired) electrons. The lowest BCUT2D eigenvalue weighted by atomic mass is 10.1. The molecule has 0 atom stereocenters. The highest BCUT2D eigenvalue weighted by molar-refractivity contribution is 6.32. The van der Waals surface area contributed by atoms with Gasteiger partial charge < -0.3 is 15.8 Å². The Balaban J connectivity index is 2.04. The van der Waals surface area contributed by atoms with Gasteiger partial charge in [-0.25, -0.2) is 0 Å². The standard InChI is InChI=1S/C18H21ClN2O2/c1-12(2)11-23-17-8-7-15(9-16(17)19)21-18(22)14-5-3-13(10-20)4-6-14/h3-9,12H,10-11,20H2,1-2H3,(H,21,22). The van der Waals surface area contributed by atoms with Gasteiger partial charge in [0.1, 0.15) is 5.75 Å². The van der Waals surface area contributed by atoms with E-state index in [1.165, 1.54) is 0 Å². The molecule has 1 amide bonds. The van der Waals surface area contributed by atoms with E-state index in [4.69, 9.17) is 22.1 Å². The molecule has 2 aromatic rings. The highest BCUT2D eigenvalue weighted by Crippen LogP contribution is 2.28. The van der Waals surface area contributed by atoms with Gasteiger partial charge in [0.05, 0.1) is 11.6 Å². The van der Waals surface area contributed by atoms with E-state index in [0.29, 0.717) is 41.1 Å². The average Bonchev–Trinajstić information content (AvgIpc) is 2.54. The maximum absolute atomic E-state index is 12.2. The minimum absolute atomic E-state index is 0.194. The highest BCUT2D eigenvalue weighted by atomic mass is 35.5. The lowest BCUT2D eigenvalue weighted by Gasteiger charge is -2.12. The predicted molar refractivity (Wildman–Crippen MR) is 94.1 cm³/mol. The molecule has 122 valence electrons. The summed E-state index contributed by atoms with van der Waals surface area (Å²) in [6, 6.07) is 12.4. The molecule has 4 nitrogen and oxygen atoms in total. The third-order valence-corrected chi connectivity index (χ3v) is 3.51. The van der Waals surface area contributed by atoms with Crippen molar-refractivity contribution in [2.45, 2.75) is 20.4 Å². The molecule has 0 fully saturated rings. The Morgan fingerprint density at radius 3 is 2.48 bits per heavy atom. The fraction of sp³-hybridized carbons (Fsp3) is 0.278. The summed E-state index contributed by atoms with van der Waals surface area (Å²) in [6.07, 6.45) is 0. The smallest absolute Gasteiger partial charge is 0.255 e. The van der Waals surface area contributed by atoms with E-state index >= 15 is 0 Å². The third kappa shape index (κ3) is 4.98. The van der Waals surface area contributed by atoms with Crippen LogP contribution in [0.3, 0.4) is 0 Å². The number of amides is 1. The Hall–Kier alpha value is -2.04. The first-order chi connectivity index (χ1) is 11.0. The van der Waals surface area contributed by atoms with E-state index in [-0.39, 0.29) is 5.91 Å². The Morgan fingerprint density at radius 1 is 1.22 bits per heavy atom. The van der Waals surface area contributed by atoms with E-state index in [2.05, 4.69) is 19.2 Å². The molecule has 0 aliphatic carbocycles. The van der Waals surface area contributed by atoms with Crippen LogP contribution in [0, 0.1) is 5.92 Å². The zero-order valence-corrected chi connectivity index (χ0v) is 14.1. The molecule has 0 spiro atoms. The summed E-state index contributed by atoms with van der Waals surface area (Å²) in [6.45, 7) is 5.19. The number of ether oxygens (including phenoxy) is 1. The largest absolute Gasteiger partial charge is 0.492 e. The molecule has 5 heteroatoms. The van der Waals surface area contributed by atoms with Crippen molar-refractivity contribution in [1.29, 1.82) is 0 Å². The molecule has 0 heterocycles. The maximum Gasteiger partial charge on any atom is 0.255 e. The molecule has 2 aromatic carbocycles. The number of hydrogen-bond donors (Lipinski definition) is 2. The minimum atomic E-state index is -0.194. The second-order valence-corrected chi connectivity index (χ2v) is 6.11. The SMILES string of the molecule is CC(C)COc1ccc(NC(=O)c2ccc(CN)cc2)cc1Cl. The molecule has 0 aliphatic heterocycles. The van der Waals surface area contributed by atoms with Crippen LogP contribution in [0.25, 0.3) is 0 Å². The van der Waals surface area contributed by atoms with Crippen molar-refractivity contribution >= 4 is 23.2 Å². The van der Waals surface area contributed by atoms with Crippen LogP contribution in [0.5, 0.6) is 5.75 Å². The van der Waals surface area contributed by atoms with Gasteiger partial charge in [0, 0.05) is 17.8 Å². The molecule has 0 aliphatic rings. The fourth-order valence-corrected chi connectivity index (χ4v) is 2.18. The topological polar surface area (TPSA) is 64.3 Å². The van der Waals surface area contributed by atoms with E-state index in [1.54, 1.807) is 30.3 Å². The molecule has 0 unspecified atom stereocenters. The fourth-order valence-electron chi connectivity index (χ4n) is 1.95. The molecular weight excluding hydrogens is 312 g/mol. The van der Waals surface area contributed by atoms with Crippen LogP contribution in [0.15, 0.2) is 42.5 Å². The van der Waals surface area contributed by atoms with Crippen molar-refractivity contribution in [2.75, 3.05) is 11.9 Å². The van der Waals surface area contributed by atoms with E-state index < -0.39 is 0 Å². The van der Waals surface area contributed by atoms with Crippen molar-refractivity contribution in [1.82, 2.24) is 0 Å². The number of nitrogens with one attached hydrogen (secondary N) is 1. The number of halogens is 1. The van der Waals surface area contributed by atoms with Crippen LogP contribution in [0.1, 0.15) is 29.8 Å². The Kier molecular flexibility index (Phi) is 6.02. The summed E-state index contributed by atoms with van der Waals surface area (Å²) < 4.78 is 5.61. The van der Waals surface area contributed by atoms with Crippen molar-refractivity contribution in [3.05, 3.63) is 58.6 Å². The zero-order valence-electron chi connectivity index (χ0n) is 13.3. The minimum Gasteiger partial charge on any atom is -0.492 e.